The largest absolute Gasteiger partial charge is 0.493 e. The monoisotopic (exact) mass is 488 g/mol. The number of pyridine rings is 1. The van der Waals surface area contributed by atoms with Crippen LogP contribution in [-0.2, 0) is 19.5 Å². The van der Waals surface area contributed by atoms with Crippen molar-refractivity contribution < 1.29 is 14.3 Å². The number of carbonyl (C=O) groups excluding carboxylic acids is 1. The maximum atomic E-state index is 13.7. The van der Waals surface area contributed by atoms with Crippen molar-refractivity contribution in [3.8, 4) is 11.5 Å². The van der Waals surface area contributed by atoms with Gasteiger partial charge in [0.1, 0.15) is 5.15 Å². The Morgan fingerprint density at radius 1 is 0.914 bits per heavy atom. The molecule has 35 heavy (non-hydrogen) atoms. The zero-order valence-corrected chi connectivity index (χ0v) is 21.2. The predicted molar refractivity (Wildman–Crippen MR) is 140 cm³/mol. The van der Waals surface area contributed by atoms with Gasteiger partial charge in [-0.1, -0.05) is 48.4 Å². The van der Waals surface area contributed by atoms with Crippen molar-refractivity contribution in [2.45, 2.75) is 33.4 Å². The van der Waals surface area contributed by atoms with Crippen LogP contribution in [0.25, 0.3) is 10.9 Å². The smallest absolute Gasteiger partial charge is 0.254 e. The highest BCUT2D eigenvalue weighted by molar-refractivity contribution is 6.30. The van der Waals surface area contributed by atoms with Crippen LogP contribution in [0.1, 0.15) is 39.5 Å². The van der Waals surface area contributed by atoms with Crippen LogP contribution in [0.2, 0.25) is 5.15 Å². The number of hydrogen-bond acceptors (Lipinski definition) is 4. The zero-order valence-electron chi connectivity index (χ0n) is 20.5. The highest BCUT2D eigenvalue weighted by Crippen LogP contribution is 2.29. The number of benzene rings is 3. The standard InChI is InChI=1S/C29H29ClN2O3/c1-5-20-9-11-25-23(14-20)16-24(28(30)31-25)18-32(29(33)22-8-6-7-19(2)13-22)17-21-10-12-26(34-3)27(15-21)35-4/h6-16H,5,17-18H2,1-4H3. The molecule has 0 atom stereocenters. The van der Waals surface area contributed by atoms with Crippen molar-refractivity contribution in [3.63, 3.8) is 0 Å². The van der Waals surface area contributed by atoms with Gasteiger partial charge in [-0.2, -0.15) is 0 Å². The van der Waals surface area contributed by atoms with Crippen molar-refractivity contribution in [1.29, 1.82) is 0 Å². The lowest BCUT2D eigenvalue weighted by molar-refractivity contribution is 0.0729. The number of rotatable bonds is 8. The summed E-state index contributed by atoms with van der Waals surface area (Å²) in [4.78, 5) is 20.0. The minimum atomic E-state index is -0.0815. The van der Waals surface area contributed by atoms with Crippen LogP contribution in [0.3, 0.4) is 0 Å². The Labute approximate surface area is 211 Å². The second kappa shape index (κ2) is 10.8. The molecular formula is C29H29ClN2O3. The molecule has 0 aliphatic carbocycles. The summed E-state index contributed by atoms with van der Waals surface area (Å²) in [6.45, 7) is 4.79. The van der Waals surface area contributed by atoms with Crippen LogP contribution in [0.4, 0.5) is 0 Å². The van der Waals surface area contributed by atoms with Crippen LogP contribution in [-0.4, -0.2) is 30.0 Å². The summed E-state index contributed by atoms with van der Waals surface area (Å²) in [6, 6.07) is 21.5. The van der Waals surface area contributed by atoms with E-state index in [0.717, 1.165) is 34.0 Å². The van der Waals surface area contributed by atoms with Crippen molar-refractivity contribution in [2.24, 2.45) is 0 Å². The van der Waals surface area contributed by atoms with Crippen molar-refractivity contribution in [2.75, 3.05) is 14.2 Å². The number of halogens is 1. The Balaban J connectivity index is 1.73. The topological polar surface area (TPSA) is 51.7 Å². The van der Waals surface area contributed by atoms with Crippen LogP contribution in [0.15, 0.2) is 66.7 Å². The summed E-state index contributed by atoms with van der Waals surface area (Å²) >= 11 is 6.60. The number of ether oxygens (including phenoxy) is 2. The number of hydrogen-bond donors (Lipinski definition) is 0. The van der Waals surface area contributed by atoms with E-state index in [4.69, 9.17) is 21.1 Å². The van der Waals surface area contributed by atoms with E-state index in [-0.39, 0.29) is 5.91 Å². The first-order valence-corrected chi connectivity index (χ1v) is 11.9. The SMILES string of the molecule is CCc1ccc2nc(Cl)c(CN(Cc3ccc(OC)c(OC)c3)C(=O)c3cccc(C)c3)cc2c1. The molecule has 3 aromatic carbocycles. The first kappa shape index (κ1) is 24.6. The lowest BCUT2D eigenvalue weighted by Crippen LogP contribution is -2.30. The van der Waals surface area contributed by atoms with E-state index in [1.54, 1.807) is 19.1 Å². The molecule has 0 spiro atoms. The van der Waals surface area contributed by atoms with Gasteiger partial charge in [-0.05, 0) is 66.9 Å². The third-order valence-corrected chi connectivity index (χ3v) is 6.38. The number of methoxy groups -OCH3 is 2. The summed E-state index contributed by atoms with van der Waals surface area (Å²) in [5.74, 6) is 1.17. The molecule has 1 aromatic heterocycles. The molecule has 4 rings (SSSR count). The van der Waals surface area contributed by atoms with Crippen LogP contribution in [0, 0.1) is 6.92 Å². The highest BCUT2D eigenvalue weighted by atomic mass is 35.5. The molecule has 4 aromatic rings. The number of fused-ring (bicyclic) bond motifs is 1. The van der Waals surface area contributed by atoms with E-state index in [9.17, 15) is 4.79 Å². The van der Waals surface area contributed by atoms with E-state index in [1.165, 1.54) is 5.56 Å². The molecule has 5 nitrogen and oxygen atoms in total. The Bertz CT molecular complexity index is 1370. The van der Waals surface area contributed by atoms with E-state index >= 15 is 0 Å². The minimum Gasteiger partial charge on any atom is -0.493 e. The summed E-state index contributed by atoms with van der Waals surface area (Å²) < 4.78 is 10.8. The normalized spacial score (nSPS) is 10.9. The first-order chi connectivity index (χ1) is 16.9. The van der Waals surface area contributed by atoms with Crippen LogP contribution < -0.4 is 9.47 Å². The number of carbonyl (C=O) groups is 1. The molecule has 0 saturated heterocycles. The van der Waals surface area contributed by atoms with Crippen LogP contribution >= 0.6 is 11.6 Å². The molecule has 0 unspecified atom stereocenters. The van der Waals surface area contributed by atoms with Gasteiger partial charge < -0.3 is 14.4 Å². The fraction of sp³-hybridized carbons (Fsp3) is 0.241. The van der Waals surface area contributed by atoms with Gasteiger partial charge in [0.15, 0.2) is 11.5 Å². The summed E-state index contributed by atoms with van der Waals surface area (Å²) in [5.41, 5.74) is 5.44. The van der Waals surface area contributed by atoms with Crippen molar-refractivity contribution >= 4 is 28.4 Å². The predicted octanol–water partition coefficient (Wildman–Crippen LogP) is 6.62. The third kappa shape index (κ3) is 5.57. The Morgan fingerprint density at radius 3 is 2.40 bits per heavy atom. The average molecular weight is 489 g/mol. The fourth-order valence-electron chi connectivity index (χ4n) is 4.14. The second-order valence-corrected chi connectivity index (χ2v) is 8.90. The van der Waals surface area contributed by atoms with Crippen molar-refractivity contribution in [1.82, 2.24) is 9.88 Å². The van der Waals surface area contributed by atoms with Crippen molar-refractivity contribution in [3.05, 3.63) is 99.7 Å². The fourth-order valence-corrected chi connectivity index (χ4v) is 4.35. The molecule has 1 heterocycles. The summed E-state index contributed by atoms with van der Waals surface area (Å²) in [7, 11) is 3.20. The minimum absolute atomic E-state index is 0.0815. The molecule has 0 fully saturated rings. The Hall–Kier alpha value is -3.57. The molecule has 1 amide bonds. The van der Waals surface area contributed by atoms with Gasteiger partial charge in [0.2, 0.25) is 0 Å². The maximum absolute atomic E-state index is 13.7. The quantitative estimate of drug-likeness (QED) is 0.261. The molecule has 0 N–H and O–H groups in total. The lowest BCUT2D eigenvalue weighted by atomic mass is 10.1. The number of amides is 1. The van der Waals surface area contributed by atoms with Gasteiger partial charge in [-0.3, -0.25) is 4.79 Å². The van der Waals surface area contributed by atoms with Crippen LogP contribution in [0.5, 0.6) is 11.5 Å². The van der Waals surface area contributed by atoms with Gasteiger partial charge in [0.05, 0.1) is 19.7 Å². The number of nitrogens with zero attached hydrogens (tertiary/aromatic N) is 2. The Kier molecular flexibility index (Phi) is 7.57. The maximum Gasteiger partial charge on any atom is 0.254 e. The molecular weight excluding hydrogens is 460 g/mol. The van der Waals surface area contributed by atoms with Gasteiger partial charge in [0.25, 0.3) is 5.91 Å². The third-order valence-electron chi connectivity index (χ3n) is 6.05. The van der Waals surface area contributed by atoms with Gasteiger partial charge in [-0.15, -0.1) is 0 Å². The summed E-state index contributed by atoms with van der Waals surface area (Å²) in [5, 5.41) is 1.41. The van der Waals surface area contributed by atoms with E-state index in [2.05, 4.69) is 24.0 Å². The molecule has 0 bridgehead atoms. The number of aryl methyl sites for hydroxylation is 2. The van der Waals surface area contributed by atoms with Gasteiger partial charge in [-0.25, -0.2) is 4.98 Å². The van der Waals surface area contributed by atoms with E-state index in [0.29, 0.717) is 35.3 Å². The van der Waals surface area contributed by atoms with Gasteiger partial charge in [0, 0.05) is 29.6 Å². The number of aromatic nitrogens is 1. The second-order valence-electron chi connectivity index (χ2n) is 8.54. The highest BCUT2D eigenvalue weighted by Gasteiger charge is 2.20. The zero-order chi connectivity index (χ0) is 24.9. The molecule has 0 saturated carbocycles. The molecule has 0 aliphatic heterocycles. The molecule has 0 aliphatic rings. The molecule has 180 valence electrons. The molecule has 6 heteroatoms. The summed E-state index contributed by atoms with van der Waals surface area (Å²) in [6.07, 6.45) is 0.936. The Morgan fingerprint density at radius 2 is 1.69 bits per heavy atom. The van der Waals surface area contributed by atoms with Gasteiger partial charge >= 0.3 is 0 Å². The van der Waals surface area contributed by atoms with E-state index < -0.39 is 0 Å². The average Bonchev–Trinajstić information content (AvgIpc) is 2.87. The van der Waals surface area contributed by atoms with E-state index in [1.807, 2.05) is 61.5 Å². The molecule has 0 radical (unpaired) electrons. The first-order valence-electron chi connectivity index (χ1n) is 11.6. The lowest BCUT2D eigenvalue weighted by Gasteiger charge is -2.24.